The zero-order valence-electron chi connectivity index (χ0n) is 11.9. The molecule has 0 aromatic heterocycles. The average Bonchev–Trinajstić information content (AvgIpc) is 2.67. The summed E-state index contributed by atoms with van der Waals surface area (Å²) in [6.07, 6.45) is 20.0. The Morgan fingerprint density at radius 3 is 1.00 bits per heavy atom. The van der Waals surface area contributed by atoms with Gasteiger partial charge in [-0.25, -0.2) is 24.3 Å². The van der Waals surface area contributed by atoms with Crippen molar-refractivity contribution in [2.45, 2.75) is 12.8 Å². The first-order valence-electron chi connectivity index (χ1n) is 3.43. The standard InChI is InChI=1S/2C5H5.5CH3.2Zr/c2*1-2-4-5-3-1;;;;;;;/h2*1-3H,4H2;5*1H3;;/q7*-1;+3;+4. The van der Waals surface area contributed by atoms with Crippen LogP contribution in [0.5, 0.6) is 0 Å². The first-order chi connectivity index (χ1) is 5.00. The van der Waals surface area contributed by atoms with Crippen molar-refractivity contribution >= 4 is 0 Å². The smallest absolute Gasteiger partial charge is 0.358 e. The van der Waals surface area contributed by atoms with E-state index in [9.17, 15) is 0 Å². The Morgan fingerprint density at radius 1 is 0.647 bits per heavy atom. The molecule has 0 nitrogen and oxygen atoms in total. The summed E-state index contributed by atoms with van der Waals surface area (Å²) in [6, 6.07) is 0. The van der Waals surface area contributed by atoms with E-state index in [1.165, 1.54) is 0 Å². The van der Waals surface area contributed by atoms with E-state index in [-0.39, 0.29) is 89.5 Å². The molecule has 0 atom stereocenters. The molecule has 2 aliphatic rings. The van der Waals surface area contributed by atoms with Crippen LogP contribution in [-0.4, -0.2) is 0 Å². The summed E-state index contributed by atoms with van der Waals surface area (Å²) < 4.78 is 0. The van der Waals surface area contributed by atoms with Gasteiger partial charge >= 0.3 is 52.4 Å². The van der Waals surface area contributed by atoms with E-state index in [2.05, 4.69) is 24.3 Å². The van der Waals surface area contributed by atoms with Crippen molar-refractivity contribution in [3.63, 3.8) is 0 Å². The predicted octanol–water partition coefficient (Wildman–Crippen LogP) is 4.86. The average molecular weight is 388 g/mol. The van der Waals surface area contributed by atoms with E-state index < -0.39 is 0 Å². The molecule has 0 unspecified atom stereocenters. The fraction of sp³-hybridized carbons (Fsp3) is 0.133. The van der Waals surface area contributed by atoms with Crippen LogP contribution in [0.4, 0.5) is 0 Å². The van der Waals surface area contributed by atoms with E-state index in [1.54, 1.807) is 0 Å². The summed E-state index contributed by atoms with van der Waals surface area (Å²) in [6.45, 7) is 0. The zero-order chi connectivity index (χ0) is 7.07. The maximum absolute atomic E-state index is 2.99. The number of allylic oxidation sites excluding steroid dienone is 8. The van der Waals surface area contributed by atoms with Gasteiger partial charge in [-0.1, -0.05) is 0 Å². The van der Waals surface area contributed by atoms with Crippen molar-refractivity contribution in [3.8, 4) is 0 Å². The van der Waals surface area contributed by atoms with Crippen LogP contribution in [-0.2, 0) is 52.4 Å². The summed E-state index contributed by atoms with van der Waals surface area (Å²) >= 11 is 0. The Labute approximate surface area is 150 Å². The molecule has 2 aliphatic carbocycles. The van der Waals surface area contributed by atoms with Crippen LogP contribution in [0, 0.1) is 49.3 Å². The van der Waals surface area contributed by atoms with Crippen LogP contribution in [0.1, 0.15) is 12.8 Å². The molecule has 0 saturated heterocycles. The van der Waals surface area contributed by atoms with Gasteiger partial charge in [0.2, 0.25) is 0 Å². The van der Waals surface area contributed by atoms with Crippen LogP contribution in [0.15, 0.2) is 36.5 Å². The molecule has 0 aromatic rings. The predicted molar refractivity (Wildman–Crippen MR) is 75.2 cm³/mol. The van der Waals surface area contributed by atoms with E-state index in [0.717, 1.165) is 12.8 Å². The van der Waals surface area contributed by atoms with Crippen molar-refractivity contribution in [1.29, 1.82) is 0 Å². The van der Waals surface area contributed by atoms with Gasteiger partial charge in [-0.3, -0.25) is 12.2 Å². The maximum atomic E-state index is 2.99. The SMILES string of the molecule is [C-]1=CC=CC1.[C-]1=CC=CC1.[CH3-].[CH3-].[CH3-].[CH3-].[CH3-].[Zr+3].[Zr+4]. The first kappa shape index (κ1) is 43.1. The molecule has 0 saturated carbocycles. The van der Waals surface area contributed by atoms with Gasteiger partial charge in [0, 0.05) is 0 Å². The third kappa shape index (κ3) is 31.5. The van der Waals surface area contributed by atoms with Gasteiger partial charge in [-0.2, -0.15) is 12.2 Å². The fourth-order valence-corrected chi connectivity index (χ4v) is 0.680. The second-order valence-electron chi connectivity index (χ2n) is 2.01. The Morgan fingerprint density at radius 2 is 0.941 bits per heavy atom. The minimum Gasteiger partial charge on any atom is -0.358 e. The number of rotatable bonds is 0. The third-order valence-corrected chi connectivity index (χ3v) is 1.17. The normalized spacial score (nSPS) is 10.4. The molecule has 2 heteroatoms. The molecular weight excluding hydrogens is 363 g/mol. The molecule has 0 fully saturated rings. The van der Waals surface area contributed by atoms with E-state index in [0.29, 0.717) is 0 Å². The van der Waals surface area contributed by atoms with Crippen molar-refractivity contribution in [2.24, 2.45) is 0 Å². The molecule has 0 N–H and O–H groups in total. The minimum absolute atomic E-state index is 0. The molecule has 0 amide bonds. The molecule has 1 radical (unpaired) electrons. The van der Waals surface area contributed by atoms with Crippen molar-refractivity contribution in [1.82, 2.24) is 0 Å². The van der Waals surface area contributed by atoms with E-state index in [1.807, 2.05) is 24.3 Å². The quantitative estimate of drug-likeness (QED) is 0.521. The van der Waals surface area contributed by atoms with Crippen molar-refractivity contribution < 1.29 is 52.4 Å². The summed E-state index contributed by atoms with van der Waals surface area (Å²) in [5.41, 5.74) is 0. The molecule has 17 heavy (non-hydrogen) atoms. The first-order valence-corrected chi connectivity index (χ1v) is 3.43. The van der Waals surface area contributed by atoms with E-state index in [4.69, 9.17) is 0 Å². The van der Waals surface area contributed by atoms with E-state index >= 15 is 0 Å². The second-order valence-corrected chi connectivity index (χ2v) is 2.01. The Kier molecular flexibility index (Phi) is 91.2. The monoisotopic (exact) mass is 385 g/mol. The largest absolute Gasteiger partial charge is 4.00 e. The summed E-state index contributed by atoms with van der Waals surface area (Å²) in [5, 5.41) is 0. The van der Waals surface area contributed by atoms with Gasteiger partial charge in [0.05, 0.1) is 0 Å². The molecule has 0 aromatic carbocycles. The van der Waals surface area contributed by atoms with Gasteiger partial charge in [-0.05, 0) is 0 Å². The van der Waals surface area contributed by atoms with Gasteiger partial charge in [0.15, 0.2) is 0 Å². The topological polar surface area (TPSA) is 0 Å². The summed E-state index contributed by atoms with van der Waals surface area (Å²) in [4.78, 5) is 0. The van der Waals surface area contributed by atoms with Crippen molar-refractivity contribution in [3.05, 3.63) is 85.7 Å². The molecule has 0 bridgehead atoms. The molecule has 0 aliphatic heterocycles. The Balaban J connectivity index is -0.0000000167. The van der Waals surface area contributed by atoms with Crippen LogP contribution >= 0.6 is 0 Å². The fourth-order valence-electron chi connectivity index (χ4n) is 0.680. The van der Waals surface area contributed by atoms with Crippen LogP contribution < -0.4 is 0 Å². The zero-order valence-corrected chi connectivity index (χ0v) is 16.8. The van der Waals surface area contributed by atoms with Gasteiger partial charge in [-0.15, -0.1) is 12.8 Å². The number of hydrogen-bond acceptors (Lipinski definition) is 0. The Hall–Kier alpha value is 0.726. The molecule has 0 heterocycles. The Bertz CT molecular complexity index is 147. The van der Waals surface area contributed by atoms with Gasteiger partial charge in [0.1, 0.15) is 0 Å². The van der Waals surface area contributed by atoms with Gasteiger partial charge in [0.25, 0.3) is 0 Å². The minimum atomic E-state index is 0. The van der Waals surface area contributed by atoms with Crippen LogP contribution in [0.2, 0.25) is 0 Å². The molecule has 0 spiro atoms. The molecular formula is C15H25Zr2. The molecule has 93 valence electrons. The number of hydrogen-bond donors (Lipinski definition) is 0. The van der Waals surface area contributed by atoms with Crippen LogP contribution in [0.3, 0.4) is 0 Å². The second kappa shape index (κ2) is 36.0. The molecule has 2 rings (SSSR count). The van der Waals surface area contributed by atoms with Crippen molar-refractivity contribution in [2.75, 3.05) is 0 Å². The van der Waals surface area contributed by atoms with Gasteiger partial charge < -0.3 is 37.1 Å². The maximum Gasteiger partial charge on any atom is 4.00 e. The van der Waals surface area contributed by atoms with Crippen LogP contribution in [0.25, 0.3) is 0 Å². The summed E-state index contributed by atoms with van der Waals surface area (Å²) in [5.74, 6) is 0. The third-order valence-electron chi connectivity index (χ3n) is 1.17. The summed E-state index contributed by atoms with van der Waals surface area (Å²) in [7, 11) is 0.